The van der Waals surface area contributed by atoms with Gasteiger partial charge in [0.25, 0.3) is 5.91 Å². The van der Waals surface area contributed by atoms with E-state index in [0.29, 0.717) is 29.9 Å². The molecule has 1 aliphatic rings. The molecule has 0 aromatic heterocycles. The molecule has 1 amide bonds. The van der Waals surface area contributed by atoms with E-state index in [1.807, 2.05) is 13.8 Å². The lowest BCUT2D eigenvalue weighted by Crippen LogP contribution is -2.47. The van der Waals surface area contributed by atoms with Crippen LogP contribution in [0.4, 0.5) is 0 Å². The van der Waals surface area contributed by atoms with Gasteiger partial charge in [0.15, 0.2) is 0 Å². The van der Waals surface area contributed by atoms with Crippen LogP contribution in [0.2, 0.25) is 0 Å². The Kier molecular flexibility index (Phi) is 5.13. The van der Waals surface area contributed by atoms with Gasteiger partial charge in [-0.1, -0.05) is 0 Å². The lowest BCUT2D eigenvalue weighted by molar-refractivity contribution is -0.143. The highest BCUT2D eigenvalue weighted by Crippen LogP contribution is 2.31. The fraction of sp³-hybridized carbons (Fsp3) is 0.529. The van der Waals surface area contributed by atoms with Crippen LogP contribution >= 0.6 is 0 Å². The van der Waals surface area contributed by atoms with Crippen molar-refractivity contribution in [3.63, 3.8) is 0 Å². The number of likely N-dealkylation sites (tertiary alicyclic amines) is 1. The van der Waals surface area contributed by atoms with Gasteiger partial charge < -0.3 is 19.5 Å². The molecular formula is C17H23NO5. The average Bonchev–Trinajstić information content (AvgIpc) is 2.54. The third kappa shape index (κ3) is 3.41. The molecule has 1 N–H and O–H groups in total. The van der Waals surface area contributed by atoms with Crippen LogP contribution in [0.5, 0.6) is 11.5 Å². The third-order valence-electron chi connectivity index (χ3n) is 4.49. The molecule has 0 saturated carbocycles. The zero-order chi connectivity index (χ0) is 17.1. The maximum atomic E-state index is 12.8. The van der Waals surface area contributed by atoms with Crippen molar-refractivity contribution in [1.82, 2.24) is 4.90 Å². The van der Waals surface area contributed by atoms with E-state index in [1.165, 1.54) is 0 Å². The van der Waals surface area contributed by atoms with Crippen molar-refractivity contribution in [2.45, 2.75) is 32.7 Å². The number of carbonyl (C=O) groups is 2. The predicted molar refractivity (Wildman–Crippen MR) is 85.1 cm³/mol. The molecule has 1 aromatic rings. The van der Waals surface area contributed by atoms with Gasteiger partial charge in [0.2, 0.25) is 0 Å². The van der Waals surface area contributed by atoms with E-state index in [9.17, 15) is 14.7 Å². The lowest BCUT2D eigenvalue weighted by Gasteiger charge is -2.36. The number of benzene rings is 1. The van der Waals surface area contributed by atoms with Gasteiger partial charge >= 0.3 is 5.97 Å². The molecule has 126 valence electrons. The van der Waals surface area contributed by atoms with E-state index >= 15 is 0 Å². The van der Waals surface area contributed by atoms with E-state index in [0.717, 1.165) is 5.56 Å². The molecule has 0 spiro atoms. The monoisotopic (exact) mass is 321 g/mol. The lowest BCUT2D eigenvalue weighted by atomic mass is 9.92. The minimum absolute atomic E-state index is 0.0105. The number of nitrogens with zero attached hydrogens (tertiary/aromatic N) is 1. The number of carboxylic acids is 1. The summed E-state index contributed by atoms with van der Waals surface area (Å²) in [6, 6.07) is 3.37. The van der Waals surface area contributed by atoms with E-state index in [2.05, 4.69) is 0 Å². The first-order valence-electron chi connectivity index (χ1n) is 7.65. The largest absolute Gasteiger partial charge is 0.496 e. The SMILES string of the molecule is COc1cc(C(=O)N2CC(C(=O)O)CCC2C)cc(OC)c1C. The summed E-state index contributed by atoms with van der Waals surface area (Å²) in [6.07, 6.45) is 1.28. The van der Waals surface area contributed by atoms with Crippen LogP contribution in [-0.2, 0) is 4.79 Å². The molecule has 2 atom stereocenters. The van der Waals surface area contributed by atoms with Crippen molar-refractivity contribution in [3.8, 4) is 11.5 Å². The van der Waals surface area contributed by atoms with Crippen LogP contribution in [0.1, 0.15) is 35.7 Å². The summed E-state index contributed by atoms with van der Waals surface area (Å²) >= 11 is 0. The van der Waals surface area contributed by atoms with Crippen molar-refractivity contribution >= 4 is 11.9 Å². The topological polar surface area (TPSA) is 76.1 Å². The number of carboxylic acid groups (broad SMARTS) is 1. The Balaban J connectivity index is 2.33. The summed E-state index contributed by atoms with van der Waals surface area (Å²) in [5.74, 6) is -0.405. The zero-order valence-corrected chi connectivity index (χ0v) is 14.0. The molecule has 2 unspecified atom stereocenters. The van der Waals surface area contributed by atoms with Crippen LogP contribution in [0.15, 0.2) is 12.1 Å². The molecule has 23 heavy (non-hydrogen) atoms. The summed E-state index contributed by atoms with van der Waals surface area (Å²) in [4.78, 5) is 25.7. The Bertz CT molecular complexity index is 588. The quantitative estimate of drug-likeness (QED) is 0.921. The van der Waals surface area contributed by atoms with Gasteiger partial charge in [-0.15, -0.1) is 0 Å². The number of piperidine rings is 1. The van der Waals surface area contributed by atoms with Gasteiger partial charge in [-0.05, 0) is 38.8 Å². The summed E-state index contributed by atoms with van der Waals surface area (Å²) in [7, 11) is 3.08. The van der Waals surface area contributed by atoms with Gasteiger partial charge in [0.05, 0.1) is 20.1 Å². The molecule has 1 heterocycles. The number of methoxy groups -OCH3 is 2. The second-order valence-electron chi connectivity index (χ2n) is 5.92. The van der Waals surface area contributed by atoms with E-state index in [-0.39, 0.29) is 18.5 Å². The highest BCUT2D eigenvalue weighted by molar-refractivity contribution is 5.96. The highest BCUT2D eigenvalue weighted by Gasteiger charge is 2.33. The van der Waals surface area contributed by atoms with Crippen LogP contribution in [0, 0.1) is 12.8 Å². The van der Waals surface area contributed by atoms with E-state index in [1.54, 1.807) is 31.3 Å². The highest BCUT2D eigenvalue weighted by atomic mass is 16.5. The average molecular weight is 321 g/mol. The van der Waals surface area contributed by atoms with Crippen molar-refractivity contribution < 1.29 is 24.2 Å². The second kappa shape index (κ2) is 6.89. The molecule has 1 fully saturated rings. The standard InChI is InChI=1S/C17H23NO5/c1-10-5-6-12(17(20)21)9-18(10)16(19)13-7-14(22-3)11(2)15(8-13)23-4/h7-8,10,12H,5-6,9H2,1-4H3,(H,20,21). The van der Waals surface area contributed by atoms with Crippen LogP contribution in [0.3, 0.4) is 0 Å². The van der Waals surface area contributed by atoms with Gasteiger partial charge in [0.1, 0.15) is 11.5 Å². The summed E-state index contributed by atoms with van der Waals surface area (Å²) in [6.45, 7) is 4.03. The summed E-state index contributed by atoms with van der Waals surface area (Å²) < 4.78 is 10.6. The zero-order valence-electron chi connectivity index (χ0n) is 14.0. The molecule has 2 rings (SSSR count). The van der Waals surface area contributed by atoms with Crippen molar-refractivity contribution in [2.75, 3.05) is 20.8 Å². The Morgan fingerprint density at radius 3 is 2.22 bits per heavy atom. The first-order chi connectivity index (χ1) is 10.9. The smallest absolute Gasteiger partial charge is 0.308 e. The minimum Gasteiger partial charge on any atom is -0.496 e. The molecule has 1 saturated heterocycles. The van der Waals surface area contributed by atoms with Crippen LogP contribution < -0.4 is 9.47 Å². The number of rotatable bonds is 4. The van der Waals surface area contributed by atoms with Gasteiger partial charge in [-0.3, -0.25) is 9.59 Å². The third-order valence-corrected chi connectivity index (χ3v) is 4.49. The first-order valence-corrected chi connectivity index (χ1v) is 7.65. The summed E-state index contributed by atoms with van der Waals surface area (Å²) in [5.41, 5.74) is 1.27. The number of hydrogen-bond donors (Lipinski definition) is 1. The summed E-state index contributed by atoms with van der Waals surface area (Å²) in [5, 5.41) is 9.22. The normalized spacial score (nSPS) is 21.0. The first kappa shape index (κ1) is 17.1. The van der Waals surface area contributed by atoms with Gasteiger partial charge in [-0.25, -0.2) is 0 Å². The van der Waals surface area contributed by atoms with E-state index < -0.39 is 11.9 Å². The fourth-order valence-corrected chi connectivity index (χ4v) is 2.97. The fourth-order valence-electron chi connectivity index (χ4n) is 2.97. The van der Waals surface area contributed by atoms with E-state index in [4.69, 9.17) is 9.47 Å². The van der Waals surface area contributed by atoms with Crippen LogP contribution in [0.25, 0.3) is 0 Å². The minimum atomic E-state index is -0.853. The number of carbonyl (C=O) groups excluding carboxylic acids is 1. The number of aliphatic carboxylic acids is 1. The van der Waals surface area contributed by atoms with Crippen LogP contribution in [-0.4, -0.2) is 48.7 Å². The molecule has 6 nitrogen and oxygen atoms in total. The Morgan fingerprint density at radius 1 is 1.17 bits per heavy atom. The van der Waals surface area contributed by atoms with Crippen molar-refractivity contribution in [1.29, 1.82) is 0 Å². The molecule has 1 aromatic carbocycles. The maximum Gasteiger partial charge on any atom is 0.308 e. The Labute approximate surface area is 136 Å². The number of ether oxygens (including phenoxy) is 2. The number of hydrogen-bond acceptors (Lipinski definition) is 4. The van der Waals surface area contributed by atoms with Gasteiger partial charge in [-0.2, -0.15) is 0 Å². The Hall–Kier alpha value is -2.24. The molecule has 0 radical (unpaired) electrons. The molecule has 0 aliphatic carbocycles. The predicted octanol–water partition coefficient (Wildman–Crippen LogP) is 2.34. The Morgan fingerprint density at radius 2 is 1.74 bits per heavy atom. The second-order valence-corrected chi connectivity index (χ2v) is 5.92. The number of amides is 1. The molecule has 0 bridgehead atoms. The van der Waals surface area contributed by atoms with Crippen molar-refractivity contribution in [2.24, 2.45) is 5.92 Å². The van der Waals surface area contributed by atoms with Gasteiger partial charge in [0, 0.05) is 23.7 Å². The molecule has 6 heteroatoms. The van der Waals surface area contributed by atoms with Crippen molar-refractivity contribution in [3.05, 3.63) is 23.3 Å². The molecule has 1 aliphatic heterocycles. The maximum absolute atomic E-state index is 12.8. The molecular weight excluding hydrogens is 298 g/mol.